The van der Waals surface area contributed by atoms with E-state index in [4.69, 9.17) is 0 Å². The van der Waals surface area contributed by atoms with Crippen LogP contribution in [0, 0.1) is 5.82 Å². The Hall–Kier alpha value is -2.49. The lowest BCUT2D eigenvalue weighted by molar-refractivity contribution is 0.613. The number of nitrogens with one attached hydrogen (secondary N) is 1. The second-order valence-electron chi connectivity index (χ2n) is 4.23. The average molecular weight is 253 g/mol. The number of rotatable bonds is 3. The summed E-state index contributed by atoms with van der Waals surface area (Å²) in [6, 6.07) is 14.5. The summed E-state index contributed by atoms with van der Waals surface area (Å²) in [5.74, 6) is 0.449. The summed E-state index contributed by atoms with van der Waals surface area (Å²) in [5, 5.41) is 13.1. The molecule has 0 aliphatic heterocycles. The predicted molar refractivity (Wildman–Crippen MR) is 73.3 cm³/mol. The maximum absolute atomic E-state index is 13.5. The highest BCUT2D eigenvalue weighted by molar-refractivity contribution is 5.90. The number of benzene rings is 2. The molecule has 1 N–H and O–H groups in total. The van der Waals surface area contributed by atoms with Crippen LogP contribution >= 0.6 is 0 Å². The fraction of sp³-hybridized carbons (Fsp3) is 0.0667. The van der Waals surface area contributed by atoms with Crippen molar-refractivity contribution >= 4 is 16.6 Å². The molecule has 0 unspecified atom stereocenters. The van der Waals surface area contributed by atoms with Gasteiger partial charge in [-0.25, -0.2) is 4.39 Å². The van der Waals surface area contributed by atoms with Crippen LogP contribution in [0.15, 0.2) is 54.7 Å². The lowest BCUT2D eigenvalue weighted by Gasteiger charge is -2.08. The summed E-state index contributed by atoms with van der Waals surface area (Å²) < 4.78 is 13.5. The zero-order valence-corrected chi connectivity index (χ0v) is 10.2. The molecule has 2 aromatic carbocycles. The minimum atomic E-state index is -0.219. The molecule has 0 bridgehead atoms. The van der Waals surface area contributed by atoms with Gasteiger partial charge in [-0.15, -0.1) is 5.10 Å². The van der Waals surface area contributed by atoms with Crippen LogP contribution in [-0.4, -0.2) is 10.2 Å². The lowest BCUT2D eigenvalue weighted by Crippen LogP contribution is -2.04. The second kappa shape index (κ2) is 5.02. The van der Waals surface area contributed by atoms with E-state index >= 15 is 0 Å². The van der Waals surface area contributed by atoms with Gasteiger partial charge in [0.05, 0.1) is 6.20 Å². The van der Waals surface area contributed by atoms with Gasteiger partial charge in [-0.05, 0) is 6.07 Å². The van der Waals surface area contributed by atoms with Crippen LogP contribution in [0.25, 0.3) is 10.8 Å². The van der Waals surface area contributed by atoms with Gasteiger partial charge in [0.2, 0.25) is 0 Å². The van der Waals surface area contributed by atoms with Crippen molar-refractivity contribution in [2.24, 2.45) is 0 Å². The largest absolute Gasteiger partial charge is 0.364 e. The Morgan fingerprint density at radius 1 is 1.00 bits per heavy atom. The number of nitrogens with zero attached hydrogens (tertiary/aromatic N) is 2. The standard InChI is InChI=1S/C15H12FN3/c16-14-8-4-2-6-12(14)9-17-15-13-7-3-1-5-11(13)10-18-19-15/h1-8,10H,9H2,(H,17,19). The third-order valence-electron chi connectivity index (χ3n) is 2.97. The lowest BCUT2D eigenvalue weighted by atomic mass is 10.2. The fourth-order valence-corrected chi connectivity index (χ4v) is 1.98. The molecule has 0 fully saturated rings. The maximum atomic E-state index is 13.5. The van der Waals surface area contributed by atoms with Gasteiger partial charge in [0, 0.05) is 22.9 Å². The summed E-state index contributed by atoms with van der Waals surface area (Å²) in [4.78, 5) is 0. The third kappa shape index (κ3) is 2.38. The number of halogens is 1. The van der Waals surface area contributed by atoms with Crippen molar-refractivity contribution in [3.8, 4) is 0 Å². The Labute approximate surface area is 110 Å². The molecular weight excluding hydrogens is 241 g/mol. The van der Waals surface area contributed by atoms with Crippen LogP contribution in [0.4, 0.5) is 10.2 Å². The second-order valence-corrected chi connectivity index (χ2v) is 4.23. The molecule has 0 spiro atoms. The molecule has 4 heteroatoms. The van der Waals surface area contributed by atoms with E-state index in [-0.39, 0.29) is 5.82 Å². The van der Waals surface area contributed by atoms with E-state index in [1.165, 1.54) is 6.07 Å². The Morgan fingerprint density at radius 2 is 1.79 bits per heavy atom. The molecule has 1 heterocycles. The summed E-state index contributed by atoms with van der Waals surface area (Å²) >= 11 is 0. The van der Waals surface area contributed by atoms with E-state index in [0.717, 1.165) is 10.8 Å². The number of anilines is 1. The van der Waals surface area contributed by atoms with Crippen molar-refractivity contribution in [2.75, 3.05) is 5.32 Å². The Kier molecular flexibility index (Phi) is 3.06. The molecule has 0 atom stereocenters. The monoisotopic (exact) mass is 253 g/mol. The van der Waals surface area contributed by atoms with Gasteiger partial charge in [0.25, 0.3) is 0 Å². The summed E-state index contributed by atoms with van der Waals surface area (Å²) in [5.41, 5.74) is 0.609. The first-order chi connectivity index (χ1) is 9.34. The first-order valence-electron chi connectivity index (χ1n) is 6.02. The molecule has 3 rings (SSSR count). The maximum Gasteiger partial charge on any atom is 0.156 e. The Morgan fingerprint density at radius 3 is 2.68 bits per heavy atom. The quantitative estimate of drug-likeness (QED) is 0.777. The fourth-order valence-electron chi connectivity index (χ4n) is 1.98. The third-order valence-corrected chi connectivity index (χ3v) is 2.97. The van der Waals surface area contributed by atoms with E-state index in [1.807, 2.05) is 30.3 Å². The van der Waals surface area contributed by atoms with Crippen LogP contribution in [0.1, 0.15) is 5.56 Å². The Bertz CT molecular complexity index is 707. The van der Waals surface area contributed by atoms with Gasteiger partial charge in [-0.2, -0.15) is 5.10 Å². The smallest absolute Gasteiger partial charge is 0.156 e. The number of hydrogen-bond donors (Lipinski definition) is 1. The van der Waals surface area contributed by atoms with E-state index in [2.05, 4.69) is 15.5 Å². The molecular formula is C15H12FN3. The van der Waals surface area contributed by atoms with Crippen LogP contribution in [0.5, 0.6) is 0 Å². The van der Waals surface area contributed by atoms with Crippen molar-refractivity contribution in [3.05, 3.63) is 66.1 Å². The van der Waals surface area contributed by atoms with E-state index in [1.54, 1.807) is 18.3 Å². The SMILES string of the molecule is Fc1ccccc1CNc1nncc2ccccc12. The van der Waals surface area contributed by atoms with E-state index in [0.29, 0.717) is 17.9 Å². The van der Waals surface area contributed by atoms with Gasteiger partial charge in [0.1, 0.15) is 5.82 Å². The highest BCUT2D eigenvalue weighted by Crippen LogP contribution is 2.20. The van der Waals surface area contributed by atoms with Crippen LogP contribution in [0.3, 0.4) is 0 Å². The molecule has 3 aromatic rings. The molecule has 19 heavy (non-hydrogen) atoms. The molecule has 0 aliphatic carbocycles. The van der Waals surface area contributed by atoms with Crippen molar-refractivity contribution in [1.82, 2.24) is 10.2 Å². The van der Waals surface area contributed by atoms with Crippen LogP contribution in [-0.2, 0) is 6.54 Å². The zero-order valence-electron chi connectivity index (χ0n) is 10.2. The van der Waals surface area contributed by atoms with Crippen LogP contribution in [0.2, 0.25) is 0 Å². The van der Waals surface area contributed by atoms with Gasteiger partial charge >= 0.3 is 0 Å². The van der Waals surface area contributed by atoms with E-state index < -0.39 is 0 Å². The van der Waals surface area contributed by atoms with Crippen molar-refractivity contribution in [3.63, 3.8) is 0 Å². The molecule has 0 amide bonds. The Balaban J connectivity index is 1.88. The molecule has 0 aliphatic rings. The van der Waals surface area contributed by atoms with Crippen molar-refractivity contribution in [1.29, 1.82) is 0 Å². The first-order valence-corrected chi connectivity index (χ1v) is 6.02. The van der Waals surface area contributed by atoms with Gasteiger partial charge in [0.15, 0.2) is 5.82 Å². The minimum Gasteiger partial charge on any atom is -0.364 e. The minimum absolute atomic E-state index is 0.219. The van der Waals surface area contributed by atoms with Crippen LogP contribution < -0.4 is 5.32 Å². The average Bonchev–Trinajstić information content (AvgIpc) is 2.46. The summed E-state index contributed by atoms with van der Waals surface area (Å²) in [7, 11) is 0. The van der Waals surface area contributed by atoms with Gasteiger partial charge < -0.3 is 5.32 Å². The highest BCUT2D eigenvalue weighted by atomic mass is 19.1. The van der Waals surface area contributed by atoms with Crippen molar-refractivity contribution < 1.29 is 4.39 Å². The first kappa shape index (κ1) is 11.6. The summed E-state index contributed by atoms with van der Waals surface area (Å²) in [6.45, 7) is 0.384. The number of fused-ring (bicyclic) bond motifs is 1. The molecule has 0 radical (unpaired) electrons. The molecule has 94 valence electrons. The number of aromatic nitrogens is 2. The highest BCUT2D eigenvalue weighted by Gasteiger charge is 2.04. The van der Waals surface area contributed by atoms with Gasteiger partial charge in [-0.3, -0.25) is 0 Å². The summed E-state index contributed by atoms with van der Waals surface area (Å²) in [6.07, 6.45) is 1.71. The normalized spacial score (nSPS) is 10.6. The number of hydrogen-bond acceptors (Lipinski definition) is 3. The molecule has 1 aromatic heterocycles. The van der Waals surface area contributed by atoms with E-state index in [9.17, 15) is 4.39 Å². The topological polar surface area (TPSA) is 37.8 Å². The molecule has 0 saturated carbocycles. The zero-order chi connectivity index (χ0) is 13.1. The molecule has 3 nitrogen and oxygen atoms in total. The molecule has 0 saturated heterocycles. The van der Waals surface area contributed by atoms with Gasteiger partial charge in [-0.1, -0.05) is 42.5 Å². The van der Waals surface area contributed by atoms with Crippen molar-refractivity contribution in [2.45, 2.75) is 6.54 Å². The predicted octanol–water partition coefficient (Wildman–Crippen LogP) is 3.38.